The van der Waals surface area contributed by atoms with Crippen LogP contribution in [0.5, 0.6) is 0 Å². The number of nitrogens with one attached hydrogen (secondary N) is 2. The van der Waals surface area contributed by atoms with E-state index < -0.39 is 0 Å². The van der Waals surface area contributed by atoms with E-state index in [1.54, 1.807) is 7.05 Å². The molecule has 1 atom stereocenters. The van der Waals surface area contributed by atoms with Crippen LogP contribution in [0.1, 0.15) is 26.2 Å². The maximum atomic E-state index is 4.12. The summed E-state index contributed by atoms with van der Waals surface area (Å²) in [5.41, 5.74) is 0. The predicted molar refractivity (Wildman–Crippen MR) is 65.3 cm³/mol. The van der Waals surface area contributed by atoms with Crippen LogP contribution in [0.3, 0.4) is 0 Å². The molecule has 0 aromatic carbocycles. The molecule has 4 heteroatoms. The molecule has 2 N–H and O–H groups in total. The van der Waals surface area contributed by atoms with Crippen molar-refractivity contribution in [3.63, 3.8) is 0 Å². The summed E-state index contributed by atoms with van der Waals surface area (Å²) < 4.78 is 0. The number of rotatable bonds is 3. The Kier molecular flexibility index (Phi) is 5.47. The molecule has 1 aliphatic heterocycles. The van der Waals surface area contributed by atoms with E-state index in [0.29, 0.717) is 6.04 Å². The highest BCUT2D eigenvalue weighted by molar-refractivity contribution is 5.79. The minimum absolute atomic E-state index is 0.675. The second kappa shape index (κ2) is 6.67. The molecule has 88 valence electrons. The molecule has 0 aromatic heterocycles. The molecule has 0 aliphatic carbocycles. The van der Waals surface area contributed by atoms with E-state index in [1.165, 1.54) is 25.8 Å². The summed E-state index contributed by atoms with van der Waals surface area (Å²) in [5.74, 6) is 0.886. The first-order valence-corrected chi connectivity index (χ1v) is 5.94. The standard InChI is InChI=1S/C11H24N4/c1-4-15-8-6-5-7-10(15)9-14-11(12-2)13-3/h10H,4-9H2,1-3H3,(H2,12,13,14). The molecule has 1 saturated heterocycles. The van der Waals surface area contributed by atoms with Crippen molar-refractivity contribution in [2.45, 2.75) is 32.2 Å². The summed E-state index contributed by atoms with van der Waals surface area (Å²) in [6.07, 6.45) is 4.02. The largest absolute Gasteiger partial charge is 0.359 e. The number of likely N-dealkylation sites (N-methyl/N-ethyl adjacent to an activating group) is 1. The SMILES string of the molecule is CCN1CCCCC1CNC(=NC)NC. The molecule has 0 bridgehead atoms. The van der Waals surface area contributed by atoms with Gasteiger partial charge >= 0.3 is 0 Å². The average Bonchev–Trinajstić information content (AvgIpc) is 2.31. The molecule has 0 amide bonds. The molecule has 0 spiro atoms. The quantitative estimate of drug-likeness (QED) is 0.533. The van der Waals surface area contributed by atoms with E-state index in [9.17, 15) is 0 Å². The Bertz CT molecular complexity index is 203. The lowest BCUT2D eigenvalue weighted by Gasteiger charge is -2.35. The van der Waals surface area contributed by atoms with E-state index in [4.69, 9.17) is 0 Å². The third-order valence-corrected chi connectivity index (χ3v) is 3.12. The van der Waals surface area contributed by atoms with Crippen LogP contribution in [0.15, 0.2) is 4.99 Å². The molecule has 1 fully saturated rings. The molecule has 1 rings (SSSR count). The molecule has 0 saturated carbocycles. The number of likely N-dealkylation sites (tertiary alicyclic amines) is 1. The molecule has 0 aromatic rings. The van der Waals surface area contributed by atoms with Crippen molar-refractivity contribution < 1.29 is 0 Å². The van der Waals surface area contributed by atoms with Gasteiger partial charge in [-0.15, -0.1) is 0 Å². The van der Waals surface area contributed by atoms with Gasteiger partial charge in [0.15, 0.2) is 5.96 Å². The van der Waals surface area contributed by atoms with Gasteiger partial charge in [0, 0.05) is 26.7 Å². The summed E-state index contributed by atoms with van der Waals surface area (Å²) in [7, 11) is 3.70. The average molecular weight is 212 g/mol. The number of guanidine groups is 1. The summed E-state index contributed by atoms with van der Waals surface area (Å²) in [6, 6.07) is 0.675. The van der Waals surface area contributed by atoms with Gasteiger partial charge in [-0.05, 0) is 25.9 Å². The number of nitrogens with zero attached hydrogens (tertiary/aromatic N) is 2. The second-order valence-electron chi connectivity index (χ2n) is 3.98. The Hall–Kier alpha value is -0.770. The first-order valence-electron chi connectivity index (χ1n) is 5.94. The van der Waals surface area contributed by atoms with Crippen molar-refractivity contribution >= 4 is 5.96 Å². The topological polar surface area (TPSA) is 39.7 Å². The van der Waals surface area contributed by atoms with Crippen LogP contribution in [0.4, 0.5) is 0 Å². The van der Waals surface area contributed by atoms with Gasteiger partial charge < -0.3 is 10.6 Å². The predicted octanol–water partition coefficient (Wildman–Crippen LogP) is 0.656. The first kappa shape index (κ1) is 12.3. The Morgan fingerprint density at radius 2 is 2.27 bits per heavy atom. The van der Waals surface area contributed by atoms with Crippen molar-refractivity contribution in [1.82, 2.24) is 15.5 Å². The van der Waals surface area contributed by atoms with Crippen molar-refractivity contribution in [2.24, 2.45) is 4.99 Å². The normalized spacial score (nSPS) is 23.9. The van der Waals surface area contributed by atoms with Crippen LogP contribution in [-0.4, -0.2) is 50.6 Å². The summed E-state index contributed by atoms with van der Waals surface area (Å²) >= 11 is 0. The summed E-state index contributed by atoms with van der Waals surface area (Å²) in [4.78, 5) is 6.67. The number of piperidine rings is 1. The van der Waals surface area contributed by atoms with Crippen LogP contribution in [0, 0.1) is 0 Å². The third kappa shape index (κ3) is 3.70. The lowest BCUT2D eigenvalue weighted by molar-refractivity contribution is 0.157. The molecular formula is C11H24N4. The Morgan fingerprint density at radius 3 is 2.87 bits per heavy atom. The van der Waals surface area contributed by atoms with Gasteiger partial charge in [0.1, 0.15) is 0 Å². The Balaban J connectivity index is 2.35. The molecule has 15 heavy (non-hydrogen) atoms. The van der Waals surface area contributed by atoms with E-state index in [2.05, 4.69) is 27.4 Å². The summed E-state index contributed by atoms with van der Waals surface area (Å²) in [5, 5.41) is 6.39. The van der Waals surface area contributed by atoms with Crippen LogP contribution >= 0.6 is 0 Å². The minimum atomic E-state index is 0.675. The third-order valence-electron chi connectivity index (χ3n) is 3.12. The molecule has 1 aliphatic rings. The molecule has 4 nitrogen and oxygen atoms in total. The Labute approximate surface area is 93.1 Å². The molecule has 1 heterocycles. The van der Waals surface area contributed by atoms with Crippen molar-refractivity contribution in [2.75, 3.05) is 33.7 Å². The smallest absolute Gasteiger partial charge is 0.190 e. The van der Waals surface area contributed by atoms with Gasteiger partial charge in [-0.25, -0.2) is 0 Å². The fraction of sp³-hybridized carbons (Fsp3) is 0.909. The fourth-order valence-electron chi connectivity index (χ4n) is 2.20. The summed E-state index contributed by atoms with van der Waals surface area (Å²) in [6.45, 7) is 5.65. The number of hydrogen-bond donors (Lipinski definition) is 2. The monoisotopic (exact) mass is 212 g/mol. The second-order valence-corrected chi connectivity index (χ2v) is 3.98. The van der Waals surface area contributed by atoms with Gasteiger partial charge in [-0.1, -0.05) is 13.3 Å². The highest BCUT2D eigenvalue weighted by Crippen LogP contribution is 2.15. The Morgan fingerprint density at radius 1 is 1.47 bits per heavy atom. The van der Waals surface area contributed by atoms with Crippen LogP contribution in [-0.2, 0) is 0 Å². The number of hydrogen-bond acceptors (Lipinski definition) is 2. The minimum Gasteiger partial charge on any atom is -0.359 e. The van der Waals surface area contributed by atoms with Crippen LogP contribution in [0.25, 0.3) is 0 Å². The zero-order chi connectivity index (χ0) is 11.1. The van der Waals surface area contributed by atoms with E-state index in [-0.39, 0.29) is 0 Å². The van der Waals surface area contributed by atoms with Crippen molar-refractivity contribution in [3.05, 3.63) is 0 Å². The van der Waals surface area contributed by atoms with Crippen LogP contribution in [0.2, 0.25) is 0 Å². The number of aliphatic imine (C=N–C) groups is 1. The zero-order valence-corrected chi connectivity index (χ0v) is 10.2. The van der Waals surface area contributed by atoms with Gasteiger partial charge in [0.25, 0.3) is 0 Å². The van der Waals surface area contributed by atoms with Crippen LogP contribution < -0.4 is 10.6 Å². The van der Waals surface area contributed by atoms with Gasteiger partial charge in [0.2, 0.25) is 0 Å². The maximum absolute atomic E-state index is 4.12. The van der Waals surface area contributed by atoms with Gasteiger partial charge in [-0.3, -0.25) is 9.89 Å². The van der Waals surface area contributed by atoms with Gasteiger partial charge in [0.05, 0.1) is 0 Å². The maximum Gasteiger partial charge on any atom is 0.190 e. The molecular weight excluding hydrogens is 188 g/mol. The van der Waals surface area contributed by atoms with Gasteiger partial charge in [-0.2, -0.15) is 0 Å². The lowest BCUT2D eigenvalue weighted by Crippen LogP contribution is -2.48. The highest BCUT2D eigenvalue weighted by atomic mass is 15.2. The van der Waals surface area contributed by atoms with Crippen molar-refractivity contribution in [1.29, 1.82) is 0 Å². The highest BCUT2D eigenvalue weighted by Gasteiger charge is 2.20. The molecule has 0 radical (unpaired) electrons. The fourth-order valence-corrected chi connectivity index (χ4v) is 2.20. The lowest BCUT2D eigenvalue weighted by atomic mass is 10.0. The van der Waals surface area contributed by atoms with Crippen molar-refractivity contribution in [3.8, 4) is 0 Å². The van der Waals surface area contributed by atoms with E-state index in [1.807, 2.05) is 7.05 Å². The molecule has 1 unspecified atom stereocenters. The van der Waals surface area contributed by atoms with E-state index >= 15 is 0 Å². The van der Waals surface area contributed by atoms with E-state index in [0.717, 1.165) is 19.0 Å². The first-order chi connectivity index (χ1) is 7.31. The zero-order valence-electron chi connectivity index (χ0n) is 10.2.